The highest BCUT2D eigenvalue weighted by atomic mass is 16.5. The van der Waals surface area contributed by atoms with E-state index in [1.54, 1.807) is 24.3 Å². The Balaban J connectivity index is 2.21. The van der Waals surface area contributed by atoms with Gasteiger partial charge in [0.05, 0.1) is 12.4 Å². The highest BCUT2D eigenvalue weighted by Gasteiger charge is 2.02. The van der Waals surface area contributed by atoms with E-state index in [4.69, 9.17) is 10.5 Å². The van der Waals surface area contributed by atoms with E-state index in [9.17, 15) is 4.79 Å². The SMILES string of the molecule is CC(=O)c1cccc(Oc2cnc(N)nc2)c1. The first kappa shape index (κ1) is 11.1. The highest BCUT2D eigenvalue weighted by molar-refractivity contribution is 5.94. The number of nitrogens with zero attached hydrogens (tertiary/aromatic N) is 2. The molecule has 0 atom stereocenters. The summed E-state index contributed by atoms with van der Waals surface area (Å²) in [5.41, 5.74) is 5.96. The lowest BCUT2D eigenvalue weighted by Gasteiger charge is -2.05. The van der Waals surface area contributed by atoms with E-state index in [0.717, 1.165) is 0 Å². The molecule has 2 rings (SSSR count). The molecule has 1 aromatic heterocycles. The predicted molar refractivity (Wildman–Crippen MR) is 63.0 cm³/mol. The number of Topliss-reactive ketones (excluding diaryl/α,β-unsaturated/α-hetero) is 1. The number of anilines is 1. The lowest BCUT2D eigenvalue weighted by atomic mass is 10.1. The number of carbonyl (C=O) groups excluding carboxylic acids is 1. The Morgan fingerprint density at radius 1 is 1.24 bits per heavy atom. The maximum atomic E-state index is 11.2. The summed E-state index contributed by atoms with van der Waals surface area (Å²) >= 11 is 0. The fourth-order valence-electron chi connectivity index (χ4n) is 1.29. The minimum absolute atomic E-state index is 0.0102. The number of hydrogen-bond acceptors (Lipinski definition) is 5. The summed E-state index contributed by atoms with van der Waals surface area (Å²) < 4.78 is 5.49. The zero-order chi connectivity index (χ0) is 12.3. The van der Waals surface area contributed by atoms with Gasteiger partial charge in [-0.15, -0.1) is 0 Å². The minimum atomic E-state index is -0.0102. The topological polar surface area (TPSA) is 78.1 Å². The van der Waals surface area contributed by atoms with Crippen LogP contribution in [-0.4, -0.2) is 15.8 Å². The highest BCUT2D eigenvalue weighted by Crippen LogP contribution is 2.21. The van der Waals surface area contributed by atoms with Crippen LogP contribution >= 0.6 is 0 Å². The molecule has 0 bridgehead atoms. The summed E-state index contributed by atoms with van der Waals surface area (Å²) in [4.78, 5) is 18.8. The fraction of sp³-hybridized carbons (Fsp3) is 0.0833. The van der Waals surface area contributed by atoms with Crippen molar-refractivity contribution in [2.45, 2.75) is 6.92 Å². The second-order valence-corrected chi connectivity index (χ2v) is 3.46. The molecule has 0 aliphatic rings. The molecule has 0 radical (unpaired) electrons. The Morgan fingerprint density at radius 3 is 2.59 bits per heavy atom. The van der Waals surface area contributed by atoms with Crippen molar-refractivity contribution in [2.24, 2.45) is 0 Å². The molecule has 0 saturated heterocycles. The van der Waals surface area contributed by atoms with Gasteiger partial charge < -0.3 is 10.5 Å². The maximum absolute atomic E-state index is 11.2. The number of benzene rings is 1. The van der Waals surface area contributed by atoms with Crippen LogP contribution < -0.4 is 10.5 Å². The van der Waals surface area contributed by atoms with E-state index in [1.165, 1.54) is 19.3 Å². The third-order valence-electron chi connectivity index (χ3n) is 2.12. The molecular weight excluding hydrogens is 218 g/mol. The first-order chi connectivity index (χ1) is 8.15. The third kappa shape index (κ3) is 2.78. The van der Waals surface area contributed by atoms with Crippen LogP contribution in [0.25, 0.3) is 0 Å². The maximum Gasteiger partial charge on any atom is 0.220 e. The van der Waals surface area contributed by atoms with Gasteiger partial charge in [-0.25, -0.2) is 9.97 Å². The van der Waals surface area contributed by atoms with Gasteiger partial charge in [0.1, 0.15) is 5.75 Å². The first-order valence-electron chi connectivity index (χ1n) is 5.01. The quantitative estimate of drug-likeness (QED) is 0.815. The van der Waals surface area contributed by atoms with Gasteiger partial charge in [0.25, 0.3) is 0 Å². The molecule has 5 heteroatoms. The molecule has 5 nitrogen and oxygen atoms in total. The van der Waals surface area contributed by atoms with Crippen LogP contribution in [0, 0.1) is 0 Å². The Bertz CT molecular complexity index is 538. The van der Waals surface area contributed by atoms with E-state index in [-0.39, 0.29) is 11.7 Å². The standard InChI is InChI=1S/C12H11N3O2/c1-8(16)9-3-2-4-10(5-9)17-11-6-14-12(13)15-7-11/h2-7H,1H3,(H2,13,14,15). The molecule has 0 saturated carbocycles. The van der Waals surface area contributed by atoms with Crippen LogP contribution in [0.3, 0.4) is 0 Å². The van der Waals surface area contributed by atoms with Gasteiger partial charge in [-0.3, -0.25) is 4.79 Å². The number of nitrogen functional groups attached to an aromatic ring is 1. The van der Waals surface area contributed by atoms with Crippen LogP contribution in [0.1, 0.15) is 17.3 Å². The fourth-order valence-corrected chi connectivity index (χ4v) is 1.29. The number of rotatable bonds is 3. The zero-order valence-electron chi connectivity index (χ0n) is 9.25. The van der Waals surface area contributed by atoms with E-state index in [2.05, 4.69) is 9.97 Å². The van der Waals surface area contributed by atoms with Gasteiger partial charge >= 0.3 is 0 Å². The Labute approximate surface area is 98.3 Å². The molecule has 0 unspecified atom stereocenters. The minimum Gasteiger partial charge on any atom is -0.454 e. The number of aromatic nitrogens is 2. The number of nitrogens with two attached hydrogens (primary N) is 1. The molecule has 1 aromatic carbocycles. The largest absolute Gasteiger partial charge is 0.454 e. The van der Waals surface area contributed by atoms with E-state index < -0.39 is 0 Å². The van der Waals surface area contributed by atoms with E-state index in [0.29, 0.717) is 17.1 Å². The molecule has 17 heavy (non-hydrogen) atoms. The van der Waals surface area contributed by atoms with E-state index >= 15 is 0 Å². The average Bonchev–Trinajstić information content (AvgIpc) is 2.32. The predicted octanol–water partition coefficient (Wildman–Crippen LogP) is 2.05. The zero-order valence-corrected chi connectivity index (χ0v) is 9.25. The lowest BCUT2D eigenvalue weighted by Crippen LogP contribution is -1.95. The van der Waals surface area contributed by atoms with Crippen molar-refractivity contribution in [3.8, 4) is 11.5 Å². The van der Waals surface area contributed by atoms with E-state index in [1.807, 2.05) is 0 Å². The van der Waals surface area contributed by atoms with Crippen LogP contribution in [-0.2, 0) is 0 Å². The van der Waals surface area contributed by atoms with Gasteiger partial charge in [-0.05, 0) is 19.1 Å². The van der Waals surface area contributed by atoms with Crippen molar-refractivity contribution < 1.29 is 9.53 Å². The average molecular weight is 229 g/mol. The number of carbonyl (C=O) groups is 1. The molecule has 86 valence electrons. The molecule has 0 spiro atoms. The van der Waals surface area contributed by atoms with Crippen LogP contribution in [0.5, 0.6) is 11.5 Å². The van der Waals surface area contributed by atoms with Crippen LogP contribution in [0.4, 0.5) is 5.95 Å². The number of ketones is 1. The van der Waals surface area contributed by atoms with Crippen molar-refractivity contribution in [1.29, 1.82) is 0 Å². The Morgan fingerprint density at radius 2 is 1.94 bits per heavy atom. The molecule has 0 fully saturated rings. The molecule has 0 aliphatic carbocycles. The van der Waals surface area contributed by atoms with Gasteiger partial charge in [-0.2, -0.15) is 0 Å². The number of ether oxygens (including phenoxy) is 1. The summed E-state index contributed by atoms with van der Waals surface area (Å²) in [5.74, 6) is 1.21. The summed E-state index contributed by atoms with van der Waals surface area (Å²) in [6.07, 6.45) is 2.95. The van der Waals surface area contributed by atoms with Crippen molar-refractivity contribution in [1.82, 2.24) is 9.97 Å². The number of hydrogen-bond donors (Lipinski definition) is 1. The molecule has 2 aromatic rings. The van der Waals surface area contributed by atoms with Crippen molar-refractivity contribution >= 4 is 11.7 Å². The Kier molecular flexibility index (Phi) is 3.00. The molecule has 0 amide bonds. The second-order valence-electron chi connectivity index (χ2n) is 3.46. The summed E-state index contributed by atoms with van der Waals surface area (Å²) in [6, 6.07) is 6.90. The summed E-state index contributed by atoms with van der Waals surface area (Å²) in [6.45, 7) is 1.51. The smallest absolute Gasteiger partial charge is 0.220 e. The molecule has 2 N–H and O–H groups in total. The van der Waals surface area contributed by atoms with Gasteiger partial charge in [0.15, 0.2) is 11.5 Å². The van der Waals surface area contributed by atoms with Crippen LogP contribution in [0.15, 0.2) is 36.7 Å². The summed E-state index contributed by atoms with van der Waals surface area (Å²) in [7, 11) is 0. The van der Waals surface area contributed by atoms with Gasteiger partial charge in [0.2, 0.25) is 5.95 Å². The second kappa shape index (κ2) is 4.61. The monoisotopic (exact) mass is 229 g/mol. The third-order valence-corrected chi connectivity index (χ3v) is 2.12. The lowest BCUT2D eigenvalue weighted by molar-refractivity contribution is 0.101. The normalized spacial score (nSPS) is 9.94. The van der Waals surface area contributed by atoms with Crippen LogP contribution in [0.2, 0.25) is 0 Å². The van der Waals surface area contributed by atoms with Gasteiger partial charge in [-0.1, -0.05) is 12.1 Å². The first-order valence-corrected chi connectivity index (χ1v) is 5.01. The molecule has 0 aliphatic heterocycles. The summed E-state index contributed by atoms with van der Waals surface area (Å²) in [5, 5.41) is 0. The van der Waals surface area contributed by atoms with Crippen molar-refractivity contribution in [3.05, 3.63) is 42.2 Å². The Hall–Kier alpha value is -2.43. The van der Waals surface area contributed by atoms with Gasteiger partial charge in [0, 0.05) is 5.56 Å². The molecule has 1 heterocycles. The van der Waals surface area contributed by atoms with Crippen molar-refractivity contribution in [3.63, 3.8) is 0 Å². The van der Waals surface area contributed by atoms with Crippen molar-refractivity contribution in [2.75, 3.05) is 5.73 Å². The molecular formula is C12H11N3O2.